The van der Waals surface area contributed by atoms with Gasteiger partial charge in [-0.2, -0.15) is 12.6 Å². The van der Waals surface area contributed by atoms with Crippen molar-refractivity contribution in [1.82, 2.24) is 14.5 Å². The number of carbonyl (C=O) groups excluding carboxylic acids is 1. The molecule has 7 nitrogen and oxygen atoms in total. The van der Waals surface area contributed by atoms with E-state index in [1.54, 1.807) is 29.4 Å². The van der Waals surface area contributed by atoms with Gasteiger partial charge in [0.05, 0.1) is 29.3 Å². The molecule has 1 atom stereocenters. The third-order valence-electron chi connectivity index (χ3n) is 3.48. The van der Waals surface area contributed by atoms with E-state index in [0.717, 1.165) is 6.42 Å². The van der Waals surface area contributed by atoms with E-state index in [9.17, 15) is 4.79 Å². The first-order chi connectivity index (χ1) is 13.8. The fourth-order valence-electron chi connectivity index (χ4n) is 2.09. The minimum absolute atomic E-state index is 0.152. The first kappa shape index (κ1) is 25.9. The van der Waals surface area contributed by atoms with E-state index in [0.29, 0.717) is 39.7 Å². The minimum atomic E-state index is -0.645. The fraction of sp³-hybridized carbons (Fsp3) is 0.444. The lowest BCUT2D eigenvalue weighted by Gasteiger charge is -2.22. The van der Waals surface area contributed by atoms with E-state index in [-0.39, 0.29) is 19.2 Å². The number of rotatable bonds is 8. The Morgan fingerprint density at radius 1 is 1.31 bits per heavy atom. The highest BCUT2D eigenvalue weighted by Gasteiger charge is 2.15. The molecule has 1 amide bonds. The number of imidazole rings is 1. The van der Waals surface area contributed by atoms with Gasteiger partial charge >= 0.3 is 6.03 Å². The monoisotopic (exact) mass is 483 g/mol. The Kier molecular flexibility index (Phi) is 12.4. The number of nitrogens with zero attached hydrogens (tertiary/aromatic N) is 3. The molecular weight excluding hydrogens is 461 g/mol. The Hall–Kier alpha value is -1.16. The molecule has 1 aromatic carbocycles. The predicted octanol–water partition coefficient (Wildman–Crippen LogP) is 3.87. The van der Waals surface area contributed by atoms with Crippen LogP contribution in [-0.4, -0.2) is 68.9 Å². The molecule has 2 rings (SSSR count). The number of benzene rings is 1. The molecule has 0 bridgehead atoms. The minimum Gasteiger partial charge on any atom is -0.489 e. The molecule has 1 unspecified atom stereocenters. The van der Waals surface area contributed by atoms with E-state index in [4.69, 9.17) is 49.8 Å². The van der Waals surface area contributed by atoms with Crippen molar-refractivity contribution in [2.24, 2.45) is 0 Å². The van der Waals surface area contributed by atoms with E-state index < -0.39 is 6.10 Å². The van der Waals surface area contributed by atoms with Crippen LogP contribution in [0.5, 0.6) is 5.75 Å². The predicted molar refractivity (Wildman–Crippen MR) is 119 cm³/mol. The first-order valence-corrected chi connectivity index (χ1v) is 10.5. The molecule has 11 heteroatoms. The van der Waals surface area contributed by atoms with Gasteiger partial charge in [-0.1, -0.05) is 41.7 Å². The van der Waals surface area contributed by atoms with Crippen LogP contribution in [0.4, 0.5) is 4.79 Å². The van der Waals surface area contributed by atoms with Gasteiger partial charge in [0.15, 0.2) is 5.75 Å². The second-order valence-corrected chi connectivity index (χ2v) is 7.42. The third-order valence-corrected chi connectivity index (χ3v) is 4.68. The first-order valence-electron chi connectivity index (χ1n) is 8.78. The molecule has 2 aromatic rings. The Labute approximate surface area is 190 Å². The highest BCUT2D eigenvalue weighted by Crippen LogP contribution is 2.35. The van der Waals surface area contributed by atoms with Gasteiger partial charge in [0.2, 0.25) is 0 Å². The zero-order valence-electron chi connectivity index (χ0n) is 15.8. The Morgan fingerprint density at radius 2 is 1.97 bits per heavy atom. The number of ether oxygens (including phenoxy) is 1. The van der Waals surface area contributed by atoms with Crippen molar-refractivity contribution in [1.29, 1.82) is 0 Å². The molecule has 2 N–H and O–H groups in total. The van der Waals surface area contributed by atoms with Crippen LogP contribution in [0.2, 0.25) is 15.1 Å². The van der Waals surface area contributed by atoms with Gasteiger partial charge in [0.1, 0.15) is 12.9 Å². The van der Waals surface area contributed by atoms with Crippen LogP contribution in [-0.2, 0) is 0 Å². The third kappa shape index (κ3) is 9.02. The normalized spacial score (nSPS) is 11.4. The zero-order valence-corrected chi connectivity index (χ0v) is 19.0. The van der Waals surface area contributed by atoms with E-state index in [1.807, 2.05) is 6.92 Å². The van der Waals surface area contributed by atoms with Crippen LogP contribution in [0.1, 0.15) is 13.3 Å². The molecule has 0 fully saturated rings. The lowest BCUT2D eigenvalue weighted by atomic mass is 10.3. The number of aliphatic hydroxyl groups is 2. The lowest BCUT2D eigenvalue weighted by molar-refractivity contribution is 0.114. The molecule has 0 radical (unpaired) electrons. The van der Waals surface area contributed by atoms with Gasteiger partial charge in [0.25, 0.3) is 0 Å². The molecular formula is C18H24Cl3N3O4S. The number of hydrogen-bond donors (Lipinski definition) is 3. The second-order valence-electron chi connectivity index (χ2n) is 5.81. The number of aliphatic hydroxyl groups excluding tert-OH is 2. The molecule has 0 aliphatic carbocycles. The lowest BCUT2D eigenvalue weighted by Crippen LogP contribution is -2.37. The average molecular weight is 485 g/mol. The molecule has 1 heterocycles. The number of aromatic nitrogens is 2. The van der Waals surface area contributed by atoms with Crippen LogP contribution >= 0.6 is 47.4 Å². The number of halogens is 3. The van der Waals surface area contributed by atoms with Crippen LogP contribution < -0.4 is 4.74 Å². The quantitative estimate of drug-likeness (QED) is 0.495. The molecule has 0 saturated heterocycles. The van der Waals surface area contributed by atoms with Crippen LogP contribution in [0.3, 0.4) is 0 Å². The van der Waals surface area contributed by atoms with Crippen molar-refractivity contribution >= 4 is 53.5 Å². The van der Waals surface area contributed by atoms with Gasteiger partial charge in [0, 0.05) is 29.7 Å². The molecule has 0 aliphatic heterocycles. The van der Waals surface area contributed by atoms with E-state index in [2.05, 4.69) is 17.6 Å². The largest absolute Gasteiger partial charge is 0.489 e. The van der Waals surface area contributed by atoms with Crippen LogP contribution in [0.25, 0.3) is 0 Å². The average Bonchev–Trinajstić information content (AvgIpc) is 3.23. The molecule has 162 valence electrons. The van der Waals surface area contributed by atoms with Gasteiger partial charge in [-0.25, -0.2) is 9.78 Å². The van der Waals surface area contributed by atoms with Crippen molar-refractivity contribution in [2.45, 2.75) is 19.4 Å². The van der Waals surface area contributed by atoms with Crippen LogP contribution in [0, 0.1) is 0 Å². The highest BCUT2D eigenvalue weighted by atomic mass is 35.5. The molecule has 29 heavy (non-hydrogen) atoms. The number of carbonyl (C=O) groups is 1. The van der Waals surface area contributed by atoms with E-state index in [1.165, 1.54) is 10.9 Å². The van der Waals surface area contributed by atoms with Crippen molar-refractivity contribution in [3.8, 4) is 5.75 Å². The summed E-state index contributed by atoms with van der Waals surface area (Å²) in [5.74, 6) is 0.695. The fourth-order valence-corrected chi connectivity index (χ4v) is 3.13. The van der Waals surface area contributed by atoms with Crippen LogP contribution in [0.15, 0.2) is 30.9 Å². The summed E-state index contributed by atoms with van der Waals surface area (Å²) in [6.45, 7) is 3.09. The second kappa shape index (κ2) is 14.0. The standard InChI is InChI=1S/C15H16Cl3N3O2.C3H8O2S/c1-2-4-20(15(22)21-5-3-19-10-21)6-7-23-14-12(17)8-11(16)9-13(14)18;4-1-3(5)2-6/h3,5,8-10H,2,4,6-7H2,1H3;3-6H,1-2H2. The maximum Gasteiger partial charge on any atom is 0.329 e. The number of amides is 1. The highest BCUT2D eigenvalue weighted by molar-refractivity contribution is 7.80. The summed E-state index contributed by atoms with van der Waals surface area (Å²) in [5, 5.41) is 17.5. The zero-order chi connectivity index (χ0) is 21.8. The molecule has 0 spiro atoms. The van der Waals surface area contributed by atoms with Gasteiger partial charge in [-0.15, -0.1) is 0 Å². The molecule has 1 aromatic heterocycles. The topological polar surface area (TPSA) is 87.8 Å². The summed E-state index contributed by atoms with van der Waals surface area (Å²) < 4.78 is 7.05. The Morgan fingerprint density at radius 3 is 2.41 bits per heavy atom. The smallest absolute Gasteiger partial charge is 0.329 e. The summed E-state index contributed by atoms with van der Waals surface area (Å²) in [7, 11) is 0. The van der Waals surface area contributed by atoms with Crippen molar-refractivity contribution < 1.29 is 19.7 Å². The summed E-state index contributed by atoms with van der Waals surface area (Å²) in [6.07, 6.45) is 4.83. The van der Waals surface area contributed by atoms with Crippen molar-refractivity contribution in [3.05, 3.63) is 45.9 Å². The maximum atomic E-state index is 12.3. The summed E-state index contributed by atoms with van der Waals surface area (Å²) in [6, 6.07) is 2.97. The number of hydrogen-bond acceptors (Lipinski definition) is 6. The maximum absolute atomic E-state index is 12.3. The van der Waals surface area contributed by atoms with Gasteiger partial charge in [-0.05, 0) is 18.6 Å². The van der Waals surface area contributed by atoms with Gasteiger partial charge < -0.3 is 19.8 Å². The summed E-state index contributed by atoms with van der Waals surface area (Å²) in [4.78, 5) is 17.9. The summed E-state index contributed by atoms with van der Waals surface area (Å²) in [5.41, 5.74) is 0. The Bertz CT molecular complexity index is 723. The Balaban J connectivity index is 0.000000612. The molecule has 0 aliphatic rings. The van der Waals surface area contributed by atoms with Crippen molar-refractivity contribution in [3.63, 3.8) is 0 Å². The number of thiol groups is 1. The summed E-state index contributed by atoms with van der Waals surface area (Å²) >= 11 is 21.7. The SMILES string of the molecule is CCCN(CCOc1c(Cl)cc(Cl)cc1Cl)C(=O)n1ccnc1.OCC(O)CS. The van der Waals surface area contributed by atoms with Crippen molar-refractivity contribution in [2.75, 3.05) is 32.1 Å². The van der Waals surface area contributed by atoms with Gasteiger partial charge in [-0.3, -0.25) is 4.57 Å². The van der Waals surface area contributed by atoms with E-state index >= 15 is 0 Å². The molecule has 0 saturated carbocycles.